The molecule has 1 atom stereocenters. The predicted octanol–water partition coefficient (Wildman–Crippen LogP) is 1.68. The average Bonchev–Trinajstić information content (AvgIpc) is 3.19. The minimum absolute atomic E-state index is 0.0664. The fourth-order valence-corrected chi connectivity index (χ4v) is 3.09. The van der Waals surface area contributed by atoms with Gasteiger partial charge in [0.2, 0.25) is 11.7 Å². The number of hydrogen-bond acceptors (Lipinski definition) is 7. The Kier molecular flexibility index (Phi) is 3.64. The van der Waals surface area contributed by atoms with Crippen LogP contribution in [0.25, 0.3) is 0 Å². The second-order valence-electron chi connectivity index (χ2n) is 6.66. The van der Waals surface area contributed by atoms with E-state index >= 15 is 0 Å². The molecule has 1 aliphatic carbocycles. The quantitative estimate of drug-likeness (QED) is 0.845. The first-order valence-corrected chi connectivity index (χ1v) is 8.30. The van der Waals surface area contributed by atoms with Crippen LogP contribution in [0.4, 0.5) is 0 Å². The molecule has 1 amide bonds. The highest BCUT2D eigenvalue weighted by atomic mass is 16.5. The SMILES string of the molecule is Cc1nc(C)c(C(=O)N2CCN(C)[C@@H](c3noc(C4CC4)n3)C2)o1. The summed E-state index contributed by atoms with van der Waals surface area (Å²) >= 11 is 0. The highest BCUT2D eigenvalue weighted by Crippen LogP contribution is 2.39. The predicted molar refractivity (Wildman–Crippen MR) is 83.5 cm³/mol. The summed E-state index contributed by atoms with van der Waals surface area (Å²) in [6.45, 7) is 5.43. The molecule has 2 fully saturated rings. The number of likely N-dealkylation sites (N-methyl/N-ethyl adjacent to an activating group) is 1. The fraction of sp³-hybridized carbons (Fsp3) is 0.625. The molecule has 4 rings (SSSR count). The van der Waals surface area contributed by atoms with Crippen molar-refractivity contribution < 1.29 is 13.7 Å². The van der Waals surface area contributed by atoms with E-state index in [1.54, 1.807) is 18.7 Å². The number of oxazole rings is 1. The maximum absolute atomic E-state index is 12.8. The van der Waals surface area contributed by atoms with Crippen LogP contribution in [-0.4, -0.2) is 57.5 Å². The minimum Gasteiger partial charge on any atom is -0.436 e. The van der Waals surface area contributed by atoms with Crippen molar-refractivity contribution in [3.8, 4) is 0 Å². The number of aromatic nitrogens is 3. The zero-order chi connectivity index (χ0) is 16.8. The van der Waals surface area contributed by atoms with Gasteiger partial charge in [0.05, 0.1) is 11.7 Å². The summed E-state index contributed by atoms with van der Waals surface area (Å²) in [6.07, 6.45) is 2.24. The van der Waals surface area contributed by atoms with Gasteiger partial charge in [-0.25, -0.2) is 4.98 Å². The largest absolute Gasteiger partial charge is 0.436 e. The molecule has 1 saturated heterocycles. The van der Waals surface area contributed by atoms with Crippen molar-refractivity contribution in [2.75, 3.05) is 26.7 Å². The summed E-state index contributed by atoms with van der Waals surface area (Å²) in [5.74, 6) is 2.51. The Morgan fingerprint density at radius 3 is 2.67 bits per heavy atom. The number of piperazine rings is 1. The molecule has 1 aliphatic heterocycles. The highest BCUT2D eigenvalue weighted by molar-refractivity contribution is 5.92. The summed E-state index contributed by atoms with van der Waals surface area (Å²) < 4.78 is 10.8. The van der Waals surface area contributed by atoms with Gasteiger partial charge in [-0.2, -0.15) is 4.98 Å². The van der Waals surface area contributed by atoms with Crippen LogP contribution in [0.1, 0.15) is 58.7 Å². The maximum Gasteiger partial charge on any atom is 0.291 e. The van der Waals surface area contributed by atoms with Crippen molar-refractivity contribution in [2.45, 2.75) is 38.6 Å². The van der Waals surface area contributed by atoms with Gasteiger partial charge in [0.1, 0.15) is 0 Å². The first-order valence-electron chi connectivity index (χ1n) is 8.30. The number of hydrogen-bond donors (Lipinski definition) is 0. The fourth-order valence-electron chi connectivity index (χ4n) is 3.09. The number of aryl methyl sites for hydroxylation is 2. The van der Waals surface area contributed by atoms with Gasteiger partial charge < -0.3 is 13.8 Å². The average molecular weight is 331 g/mol. The lowest BCUT2D eigenvalue weighted by atomic mass is 10.1. The molecule has 0 unspecified atom stereocenters. The first kappa shape index (κ1) is 15.3. The van der Waals surface area contributed by atoms with Gasteiger partial charge in [-0.1, -0.05) is 5.16 Å². The van der Waals surface area contributed by atoms with Crippen LogP contribution in [0.2, 0.25) is 0 Å². The third-order valence-corrected chi connectivity index (χ3v) is 4.72. The van der Waals surface area contributed by atoms with E-state index < -0.39 is 0 Å². The molecule has 8 nitrogen and oxygen atoms in total. The number of nitrogens with zero attached hydrogens (tertiary/aromatic N) is 5. The molecule has 2 aromatic heterocycles. The van der Waals surface area contributed by atoms with Crippen molar-refractivity contribution in [1.82, 2.24) is 24.9 Å². The van der Waals surface area contributed by atoms with E-state index in [0.29, 0.717) is 42.2 Å². The van der Waals surface area contributed by atoms with Crippen LogP contribution < -0.4 is 0 Å². The summed E-state index contributed by atoms with van der Waals surface area (Å²) in [5, 5.41) is 4.14. The van der Waals surface area contributed by atoms with Crippen molar-refractivity contribution in [3.63, 3.8) is 0 Å². The van der Waals surface area contributed by atoms with Crippen molar-refractivity contribution >= 4 is 5.91 Å². The van der Waals surface area contributed by atoms with Crippen LogP contribution in [0, 0.1) is 13.8 Å². The zero-order valence-electron chi connectivity index (χ0n) is 14.2. The van der Waals surface area contributed by atoms with E-state index in [-0.39, 0.29) is 11.9 Å². The maximum atomic E-state index is 12.8. The molecule has 2 aromatic rings. The molecule has 8 heteroatoms. The first-order chi connectivity index (χ1) is 11.5. The lowest BCUT2D eigenvalue weighted by molar-refractivity contribution is 0.0498. The Morgan fingerprint density at radius 1 is 1.21 bits per heavy atom. The van der Waals surface area contributed by atoms with Crippen LogP contribution in [0.3, 0.4) is 0 Å². The van der Waals surface area contributed by atoms with Crippen molar-refractivity contribution in [3.05, 3.63) is 29.1 Å². The zero-order valence-corrected chi connectivity index (χ0v) is 14.2. The van der Waals surface area contributed by atoms with E-state index in [2.05, 4.69) is 20.0 Å². The summed E-state index contributed by atoms with van der Waals surface area (Å²) in [5.41, 5.74) is 0.628. The Bertz CT molecular complexity index is 764. The third-order valence-electron chi connectivity index (χ3n) is 4.72. The lowest BCUT2D eigenvalue weighted by Crippen LogP contribution is -2.49. The van der Waals surface area contributed by atoms with Gasteiger partial charge in [0.25, 0.3) is 5.91 Å². The van der Waals surface area contributed by atoms with Crippen LogP contribution >= 0.6 is 0 Å². The van der Waals surface area contributed by atoms with Crippen LogP contribution in [0.15, 0.2) is 8.94 Å². The molecule has 128 valence electrons. The van der Waals surface area contributed by atoms with E-state index in [9.17, 15) is 4.79 Å². The molecular formula is C16H21N5O3. The van der Waals surface area contributed by atoms with E-state index in [4.69, 9.17) is 8.94 Å². The van der Waals surface area contributed by atoms with Crippen molar-refractivity contribution in [1.29, 1.82) is 0 Å². The van der Waals surface area contributed by atoms with E-state index in [1.807, 2.05) is 7.05 Å². The van der Waals surface area contributed by atoms with Gasteiger partial charge in [0.15, 0.2) is 11.7 Å². The van der Waals surface area contributed by atoms with Crippen LogP contribution in [0.5, 0.6) is 0 Å². The third kappa shape index (κ3) is 2.71. The normalized spacial score (nSPS) is 22.1. The second-order valence-corrected chi connectivity index (χ2v) is 6.66. The Balaban J connectivity index is 1.53. The Morgan fingerprint density at radius 2 is 2.00 bits per heavy atom. The van der Waals surface area contributed by atoms with E-state index in [0.717, 1.165) is 25.3 Å². The monoisotopic (exact) mass is 331 g/mol. The van der Waals surface area contributed by atoms with Gasteiger partial charge in [0, 0.05) is 32.5 Å². The van der Waals surface area contributed by atoms with Gasteiger partial charge in [-0.15, -0.1) is 0 Å². The molecule has 0 spiro atoms. The Labute approximate surface area is 139 Å². The number of carbonyl (C=O) groups excluding carboxylic acids is 1. The molecule has 0 N–H and O–H groups in total. The molecular weight excluding hydrogens is 310 g/mol. The standard InChI is InChI=1S/C16H21N5O3/c1-9-13(23-10(2)17-9)16(22)21-7-6-20(3)12(8-21)14-18-15(24-19-14)11-4-5-11/h11-12H,4-8H2,1-3H3/t12-/m1/s1. The summed E-state index contributed by atoms with van der Waals surface area (Å²) in [6, 6.07) is -0.0664. The number of carbonyl (C=O) groups is 1. The molecule has 24 heavy (non-hydrogen) atoms. The van der Waals surface area contributed by atoms with Crippen LogP contribution in [-0.2, 0) is 0 Å². The molecule has 0 aromatic carbocycles. The molecule has 0 radical (unpaired) electrons. The van der Waals surface area contributed by atoms with Gasteiger partial charge in [-0.05, 0) is 26.8 Å². The lowest BCUT2D eigenvalue weighted by Gasteiger charge is -2.37. The van der Waals surface area contributed by atoms with Crippen molar-refractivity contribution in [2.24, 2.45) is 0 Å². The minimum atomic E-state index is -0.128. The number of amides is 1. The van der Waals surface area contributed by atoms with E-state index in [1.165, 1.54) is 0 Å². The highest BCUT2D eigenvalue weighted by Gasteiger charge is 2.36. The summed E-state index contributed by atoms with van der Waals surface area (Å²) in [4.78, 5) is 25.4. The smallest absolute Gasteiger partial charge is 0.291 e. The summed E-state index contributed by atoms with van der Waals surface area (Å²) in [7, 11) is 2.02. The molecule has 2 aliphatic rings. The van der Waals surface area contributed by atoms with Gasteiger partial charge >= 0.3 is 0 Å². The molecule has 3 heterocycles. The topological polar surface area (TPSA) is 88.5 Å². The number of rotatable bonds is 3. The Hall–Kier alpha value is -2.22. The van der Waals surface area contributed by atoms with Gasteiger partial charge in [-0.3, -0.25) is 9.69 Å². The molecule has 0 bridgehead atoms. The second kappa shape index (κ2) is 5.70. The molecule has 1 saturated carbocycles.